The summed E-state index contributed by atoms with van der Waals surface area (Å²) in [6.07, 6.45) is 1.84. The predicted molar refractivity (Wildman–Crippen MR) is 74.9 cm³/mol. The van der Waals surface area contributed by atoms with Crippen LogP contribution in [0.15, 0.2) is 34.6 Å². The lowest BCUT2D eigenvalue weighted by molar-refractivity contribution is 1.13. The van der Waals surface area contributed by atoms with Gasteiger partial charge in [0.1, 0.15) is 0 Å². The molecule has 0 bridgehead atoms. The Labute approximate surface area is 105 Å². The molecule has 0 fully saturated rings. The molecular formula is C13H15N3S. The number of aryl methyl sites for hydroxylation is 1. The zero-order valence-electron chi connectivity index (χ0n) is 10.2. The van der Waals surface area contributed by atoms with Gasteiger partial charge in [0.25, 0.3) is 0 Å². The zero-order valence-corrected chi connectivity index (χ0v) is 11.0. The molecule has 88 valence electrons. The molecule has 0 spiro atoms. The van der Waals surface area contributed by atoms with Crippen LogP contribution in [0.1, 0.15) is 11.3 Å². The average Bonchev–Trinajstić information content (AvgIpc) is 2.73. The van der Waals surface area contributed by atoms with Crippen LogP contribution in [0.3, 0.4) is 0 Å². The van der Waals surface area contributed by atoms with E-state index < -0.39 is 0 Å². The maximum atomic E-state index is 4.34. The Kier molecular flexibility index (Phi) is 3.54. The molecule has 0 atom stereocenters. The van der Waals surface area contributed by atoms with Gasteiger partial charge in [0.15, 0.2) is 0 Å². The highest BCUT2D eigenvalue weighted by molar-refractivity contribution is 7.13. The Morgan fingerprint density at radius 1 is 1.24 bits per heavy atom. The topological polar surface area (TPSA) is 28.5 Å². The Bertz CT molecular complexity index is 512. The highest BCUT2D eigenvalue weighted by atomic mass is 32.1. The Balaban J connectivity index is 2.11. The smallest absolute Gasteiger partial charge is 0.209 e. The van der Waals surface area contributed by atoms with Crippen molar-refractivity contribution in [2.45, 2.75) is 6.92 Å². The van der Waals surface area contributed by atoms with Gasteiger partial charge in [-0.05, 0) is 24.6 Å². The summed E-state index contributed by atoms with van der Waals surface area (Å²) in [4.78, 5) is 10.7. The molecule has 4 heteroatoms. The number of aliphatic imine (C=N–C) groups is 1. The number of hydrogen-bond donors (Lipinski definition) is 0. The van der Waals surface area contributed by atoms with Crippen molar-refractivity contribution in [1.82, 2.24) is 4.98 Å². The lowest BCUT2D eigenvalue weighted by Crippen LogP contribution is -2.08. The summed E-state index contributed by atoms with van der Waals surface area (Å²) in [6.45, 7) is 1.97. The second-order valence-corrected chi connectivity index (χ2v) is 4.85. The largest absolute Gasteiger partial charge is 0.378 e. The van der Waals surface area contributed by atoms with Gasteiger partial charge in [0.05, 0.1) is 5.69 Å². The van der Waals surface area contributed by atoms with Gasteiger partial charge < -0.3 is 4.90 Å². The van der Waals surface area contributed by atoms with E-state index in [1.54, 1.807) is 11.3 Å². The van der Waals surface area contributed by atoms with Crippen LogP contribution in [0.2, 0.25) is 0 Å². The molecular weight excluding hydrogens is 230 g/mol. The van der Waals surface area contributed by atoms with E-state index in [9.17, 15) is 0 Å². The average molecular weight is 245 g/mol. The van der Waals surface area contributed by atoms with Crippen molar-refractivity contribution in [2.24, 2.45) is 4.99 Å². The molecule has 0 aliphatic rings. The Morgan fingerprint density at radius 3 is 2.47 bits per heavy atom. The molecule has 0 N–H and O–H groups in total. The number of benzene rings is 1. The van der Waals surface area contributed by atoms with E-state index >= 15 is 0 Å². The van der Waals surface area contributed by atoms with Gasteiger partial charge in [-0.25, -0.2) is 9.98 Å². The molecule has 0 saturated carbocycles. The maximum Gasteiger partial charge on any atom is 0.209 e. The molecule has 2 aromatic rings. The van der Waals surface area contributed by atoms with Crippen molar-refractivity contribution in [3.05, 3.63) is 40.9 Å². The first-order valence-electron chi connectivity index (χ1n) is 5.39. The van der Waals surface area contributed by atoms with Crippen molar-refractivity contribution in [3.63, 3.8) is 0 Å². The molecule has 0 radical (unpaired) electrons. The fraction of sp³-hybridized carbons (Fsp3) is 0.231. The molecule has 1 aromatic heterocycles. The molecule has 0 aliphatic heterocycles. The number of aromatic nitrogens is 1. The quantitative estimate of drug-likeness (QED) is 0.776. The lowest BCUT2D eigenvalue weighted by Gasteiger charge is -2.11. The van der Waals surface area contributed by atoms with Crippen LogP contribution in [0, 0.1) is 6.92 Å². The molecule has 0 unspecified atom stereocenters. The third-order valence-electron chi connectivity index (χ3n) is 2.34. The van der Waals surface area contributed by atoms with Crippen LogP contribution < -0.4 is 4.90 Å². The molecule has 0 aliphatic carbocycles. The number of hydrogen-bond acceptors (Lipinski definition) is 4. The summed E-state index contributed by atoms with van der Waals surface area (Å²) in [5.74, 6) is 0. The lowest BCUT2D eigenvalue weighted by atomic mass is 10.2. The number of thiazole rings is 1. The molecule has 17 heavy (non-hydrogen) atoms. The van der Waals surface area contributed by atoms with E-state index in [4.69, 9.17) is 0 Å². The zero-order chi connectivity index (χ0) is 12.3. The van der Waals surface area contributed by atoms with Crippen molar-refractivity contribution in [2.75, 3.05) is 19.0 Å². The van der Waals surface area contributed by atoms with Crippen LogP contribution in [-0.2, 0) is 0 Å². The minimum absolute atomic E-state index is 0.805. The van der Waals surface area contributed by atoms with E-state index in [0.717, 1.165) is 16.4 Å². The number of nitrogens with zero attached hydrogens (tertiary/aromatic N) is 3. The number of rotatable bonds is 3. The molecule has 2 rings (SSSR count). The van der Waals surface area contributed by atoms with E-state index in [1.165, 1.54) is 5.69 Å². The predicted octanol–water partition coefficient (Wildman–Crippen LogP) is 3.27. The second-order valence-electron chi connectivity index (χ2n) is 4.02. The van der Waals surface area contributed by atoms with Crippen LogP contribution in [0.25, 0.3) is 0 Å². The summed E-state index contributed by atoms with van der Waals surface area (Å²) in [6, 6.07) is 8.27. The Morgan fingerprint density at radius 2 is 1.94 bits per heavy atom. The Hall–Kier alpha value is -1.68. The van der Waals surface area contributed by atoms with Gasteiger partial charge >= 0.3 is 0 Å². The molecule has 1 heterocycles. The van der Waals surface area contributed by atoms with Crippen LogP contribution in [0.4, 0.5) is 10.8 Å². The van der Waals surface area contributed by atoms with E-state index in [0.29, 0.717) is 0 Å². The summed E-state index contributed by atoms with van der Waals surface area (Å²) in [7, 11) is 4.06. The summed E-state index contributed by atoms with van der Waals surface area (Å²) >= 11 is 1.56. The first-order chi connectivity index (χ1) is 8.15. The molecule has 1 aromatic carbocycles. The van der Waals surface area contributed by atoms with Gasteiger partial charge in [-0.2, -0.15) is 0 Å². The van der Waals surface area contributed by atoms with E-state index in [-0.39, 0.29) is 0 Å². The SMILES string of the molecule is Cc1csc(/N=C/c2ccc(N(C)C)cc2)n1. The molecule has 3 nitrogen and oxygen atoms in total. The van der Waals surface area contributed by atoms with Crippen molar-refractivity contribution >= 4 is 28.4 Å². The van der Waals surface area contributed by atoms with Crippen molar-refractivity contribution in [3.8, 4) is 0 Å². The third kappa shape index (κ3) is 3.14. The first-order valence-corrected chi connectivity index (χ1v) is 6.27. The van der Waals surface area contributed by atoms with Crippen molar-refractivity contribution in [1.29, 1.82) is 0 Å². The summed E-state index contributed by atoms with van der Waals surface area (Å²) in [5.41, 5.74) is 3.29. The fourth-order valence-electron chi connectivity index (χ4n) is 1.39. The monoisotopic (exact) mass is 245 g/mol. The van der Waals surface area contributed by atoms with E-state index in [2.05, 4.69) is 39.1 Å². The van der Waals surface area contributed by atoms with Crippen LogP contribution in [-0.4, -0.2) is 25.3 Å². The second kappa shape index (κ2) is 5.10. The number of anilines is 1. The van der Waals surface area contributed by atoms with Gasteiger partial charge in [0, 0.05) is 31.4 Å². The minimum atomic E-state index is 0.805. The summed E-state index contributed by atoms with van der Waals surface area (Å²) in [5, 5.41) is 2.81. The van der Waals surface area contributed by atoms with Gasteiger partial charge in [-0.1, -0.05) is 12.1 Å². The van der Waals surface area contributed by atoms with Crippen LogP contribution >= 0.6 is 11.3 Å². The minimum Gasteiger partial charge on any atom is -0.378 e. The van der Waals surface area contributed by atoms with Crippen LogP contribution in [0.5, 0.6) is 0 Å². The molecule has 0 saturated heterocycles. The van der Waals surface area contributed by atoms with E-state index in [1.807, 2.05) is 32.6 Å². The maximum absolute atomic E-state index is 4.34. The first kappa shape index (κ1) is 11.8. The highest BCUT2D eigenvalue weighted by Crippen LogP contribution is 2.18. The van der Waals surface area contributed by atoms with Gasteiger partial charge in [0.2, 0.25) is 5.13 Å². The normalized spacial score (nSPS) is 11.0. The molecule has 0 amide bonds. The van der Waals surface area contributed by atoms with Gasteiger partial charge in [-0.3, -0.25) is 0 Å². The third-order valence-corrected chi connectivity index (χ3v) is 3.21. The van der Waals surface area contributed by atoms with Crippen molar-refractivity contribution < 1.29 is 0 Å². The standard InChI is InChI=1S/C13H15N3S/c1-10-9-17-13(15-10)14-8-11-4-6-12(7-5-11)16(2)3/h4-9H,1-3H3/b14-8+. The highest BCUT2D eigenvalue weighted by Gasteiger charge is 1.96. The summed E-state index contributed by atoms with van der Waals surface area (Å²) < 4.78 is 0. The van der Waals surface area contributed by atoms with Gasteiger partial charge in [-0.15, -0.1) is 11.3 Å². The fourth-order valence-corrected chi connectivity index (χ4v) is 2.03.